The molecule has 0 radical (unpaired) electrons. The Labute approximate surface area is 279 Å². The van der Waals surface area contributed by atoms with E-state index in [1.807, 2.05) is 0 Å². The van der Waals surface area contributed by atoms with Crippen LogP contribution < -0.4 is 10.1 Å². The number of sulfone groups is 1. The predicted molar refractivity (Wildman–Crippen MR) is 170 cm³/mol. The van der Waals surface area contributed by atoms with Gasteiger partial charge in [0.15, 0.2) is 6.10 Å². The highest BCUT2D eigenvalue weighted by atomic mass is 32.2. The van der Waals surface area contributed by atoms with Crippen molar-refractivity contribution in [3.05, 3.63) is 11.8 Å². The number of aromatic nitrogens is 2. The number of carbonyl (C=O) groups excluding carboxylic acids is 6. The van der Waals surface area contributed by atoms with Crippen LogP contribution in [0.15, 0.2) is 11.4 Å². The van der Waals surface area contributed by atoms with Gasteiger partial charge >= 0.3 is 5.97 Å². The van der Waals surface area contributed by atoms with Gasteiger partial charge in [0.05, 0.1) is 19.4 Å². The van der Waals surface area contributed by atoms with Gasteiger partial charge in [0.2, 0.25) is 26.8 Å². The number of carboxylic acid groups (broad SMARTS) is 1. The standard InChI is InChI=1S/C32H43N3O12S/c1-22(36)9-10-25(37)11-12-26(38)13-14-27(39)15-16-28(40)17-19-47-30-24(21-34-32(35-30)48(3,44)45)7-5-4-6-8-29(41)33-18-20-46-23(2)31(42)43/h21,23H,4,6,8-20H2,1-3H3,(H,33,41)(H,42,43). The highest BCUT2D eigenvalue weighted by Gasteiger charge is 2.17. The third-order valence-corrected chi connectivity index (χ3v) is 7.42. The number of ether oxygens (including phenoxy) is 2. The van der Waals surface area contributed by atoms with Gasteiger partial charge in [0.1, 0.15) is 34.5 Å². The van der Waals surface area contributed by atoms with E-state index in [1.165, 1.54) is 20.0 Å². The number of hydrogen-bond donors (Lipinski definition) is 2. The van der Waals surface area contributed by atoms with Gasteiger partial charge in [0, 0.05) is 83.4 Å². The molecule has 0 spiro atoms. The lowest BCUT2D eigenvalue weighted by Crippen LogP contribution is -2.29. The van der Waals surface area contributed by atoms with Crippen molar-refractivity contribution in [1.29, 1.82) is 0 Å². The number of ketones is 5. The highest BCUT2D eigenvalue weighted by Crippen LogP contribution is 2.17. The molecule has 0 bridgehead atoms. The van der Waals surface area contributed by atoms with Crippen LogP contribution in [0, 0.1) is 11.8 Å². The maximum Gasteiger partial charge on any atom is 0.332 e. The molecule has 0 aliphatic heterocycles. The second-order valence-electron chi connectivity index (χ2n) is 11.0. The number of hydrogen-bond acceptors (Lipinski definition) is 13. The van der Waals surface area contributed by atoms with Gasteiger partial charge in [-0.05, 0) is 20.3 Å². The lowest BCUT2D eigenvalue weighted by Gasteiger charge is -2.09. The number of Topliss-reactive ketones (excluding diaryl/α,β-unsaturated/α-hetero) is 5. The van der Waals surface area contributed by atoms with Crippen LogP contribution in [0.1, 0.15) is 96.5 Å². The van der Waals surface area contributed by atoms with Crippen molar-refractivity contribution in [2.45, 2.75) is 102 Å². The fourth-order valence-corrected chi connectivity index (χ4v) is 4.21. The number of amides is 1. The number of rotatable bonds is 25. The SMILES string of the molecule is CC(=O)CCC(=O)CCC(=O)CCC(=O)CCC(=O)CCOc1nc(S(C)(=O)=O)ncc1C#CCCCC(=O)NCCOC(C)C(=O)O. The molecule has 16 heteroatoms. The fraction of sp³-hybridized carbons (Fsp3) is 0.594. The summed E-state index contributed by atoms with van der Waals surface area (Å²) in [5.41, 5.74) is 0.171. The average Bonchev–Trinajstić information content (AvgIpc) is 3.02. The van der Waals surface area contributed by atoms with Crippen LogP contribution in [0.2, 0.25) is 0 Å². The Kier molecular flexibility index (Phi) is 19.3. The topological polar surface area (TPSA) is 230 Å². The highest BCUT2D eigenvalue weighted by molar-refractivity contribution is 7.90. The second kappa shape index (κ2) is 22.3. The molecule has 48 heavy (non-hydrogen) atoms. The van der Waals surface area contributed by atoms with Gasteiger partial charge in [-0.2, -0.15) is 4.98 Å². The molecular formula is C32H43N3O12S. The molecule has 1 heterocycles. The maximum atomic E-state index is 12.3. The predicted octanol–water partition coefficient (Wildman–Crippen LogP) is 1.76. The Morgan fingerprint density at radius 1 is 0.854 bits per heavy atom. The van der Waals surface area contributed by atoms with Gasteiger partial charge in [-0.25, -0.2) is 18.2 Å². The lowest BCUT2D eigenvalue weighted by atomic mass is 10.0. The van der Waals surface area contributed by atoms with E-state index in [1.54, 1.807) is 0 Å². The Morgan fingerprint density at radius 3 is 1.92 bits per heavy atom. The maximum absolute atomic E-state index is 12.3. The number of nitrogens with one attached hydrogen (secondary N) is 1. The summed E-state index contributed by atoms with van der Waals surface area (Å²) in [5.74, 6) is 3.01. The third-order valence-electron chi connectivity index (χ3n) is 6.56. The normalized spacial score (nSPS) is 11.5. The number of carbonyl (C=O) groups is 7. The van der Waals surface area contributed by atoms with Crippen LogP contribution in [0.25, 0.3) is 0 Å². The number of carboxylic acids is 1. The summed E-state index contributed by atoms with van der Waals surface area (Å²) in [6.07, 6.45) is 1.91. The first kappa shape index (κ1) is 41.7. The molecule has 264 valence electrons. The van der Waals surface area contributed by atoms with Crippen LogP contribution in [0.3, 0.4) is 0 Å². The molecule has 0 fully saturated rings. The summed E-state index contributed by atoms with van der Waals surface area (Å²) in [5, 5.41) is 10.9. The van der Waals surface area contributed by atoms with Crippen molar-refractivity contribution in [3.63, 3.8) is 0 Å². The molecular weight excluding hydrogens is 650 g/mol. The van der Waals surface area contributed by atoms with E-state index in [0.717, 1.165) is 6.26 Å². The van der Waals surface area contributed by atoms with Crippen LogP contribution in [0.4, 0.5) is 0 Å². The number of aliphatic carboxylic acids is 1. The molecule has 0 aromatic carbocycles. The zero-order valence-electron chi connectivity index (χ0n) is 27.5. The van der Waals surface area contributed by atoms with E-state index >= 15 is 0 Å². The molecule has 1 rings (SSSR count). The fourth-order valence-electron chi connectivity index (χ4n) is 3.72. The van der Waals surface area contributed by atoms with Crippen molar-refractivity contribution < 1.29 is 56.6 Å². The van der Waals surface area contributed by atoms with Gasteiger partial charge in [0.25, 0.3) is 0 Å². The molecule has 0 saturated heterocycles. The zero-order chi connectivity index (χ0) is 36.1. The molecule has 0 aliphatic carbocycles. The van der Waals surface area contributed by atoms with E-state index in [4.69, 9.17) is 14.6 Å². The summed E-state index contributed by atoms with van der Waals surface area (Å²) in [4.78, 5) is 89.5. The summed E-state index contributed by atoms with van der Waals surface area (Å²) in [6, 6.07) is 0. The van der Waals surface area contributed by atoms with Crippen molar-refractivity contribution in [2.24, 2.45) is 0 Å². The zero-order valence-corrected chi connectivity index (χ0v) is 28.3. The summed E-state index contributed by atoms with van der Waals surface area (Å²) >= 11 is 0. The van der Waals surface area contributed by atoms with Crippen molar-refractivity contribution >= 4 is 50.6 Å². The van der Waals surface area contributed by atoms with E-state index in [2.05, 4.69) is 27.1 Å². The number of nitrogens with zero attached hydrogens (tertiary/aromatic N) is 2. The summed E-state index contributed by atoms with van der Waals surface area (Å²) in [6.45, 7) is 2.80. The van der Waals surface area contributed by atoms with Gasteiger partial charge < -0.3 is 24.7 Å². The monoisotopic (exact) mass is 693 g/mol. The first-order valence-electron chi connectivity index (χ1n) is 15.4. The molecule has 1 unspecified atom stereocenters. The lowest BCUT2D eigenvalue weighted by molar-refractivity contribution is -0.149. The van der Waals surface area contributed by atoms with Crippen molar-refractivity contribution in [3.8, 4) is 17.7 Å². The molecule has 1 atom stereocenters. The molecule has 1 aromatic heterocycles. The van der Waals surface area contributed by atoms with E-state index in [-0.39, 0.29) is 130 Å². The number of unbranched alkanes of at least 4 members (excludes halogenated alkanes) is 1. The molecule has 0 saturated carbocycles. The molecule has 2 N–H and O–H groups in total. The minimum atomic E-state index is -3.78. The van der Waals surface area contributed by atoms with Crippen molar-refractivity contribution in [1.82, 2.24) is 15.3 Å². The van der Waals surface area contributed by atoms with Gasteiger partial charge in [-0.15, -0.1) is 0 Å². The largest absolute Gasteiger partial charge is 0.479 e. The van der Waals surface area contributed by atoms with E-state index in [0.29, 0.717) is 12.8 Å². The third kappa shape index (κ3) is 19.3. The quantitative estimate of drug-likeness (QED) is 0.0845. The summed E-state index contributed by atoms with van der Waals surface area (Å²) in [7, 11) is -3.78. The van der Waals surface area contributed by atoms with Gasteiger partial charge in [-0.3, -0.25) is 24.0 Å². The second-order valence-corrected chi connectivity index (χ2v) is 12.9. The first-order valence-corrected chi connectivity index (χ1v) is 17.3. The smallest absolute Gasteiger partial charge is 0.332 e. The van der Waals surface area contributed by atoms with E-state index in [9.17, 15) is 42.0 Å². The van der Waals surface area contributed by atoms with E-state index < -0.39 is 27.1 Å². The van der Waals surface area contributed by atoms with Crippen LogP contribution in [0.5, 0.6) is 5.88 Å². The molecule has 1 amide bonds. The minimum Gasteiger partial charge on any atom is -0.479 e. The molecule has 0 aliphatic rings. The summed E-state index contributed by atoms with van der Waals surface area (Å²) < 4.78 is 34.5. The Balaban J connectivity index is 2.51. The van der Waals surface area contributed by atoms with Gasteiger partial charge in [-0.1, -0.05) is 11.8 Å². The molecule has 1 aromatic rings. The average molecular weight is 694 g/mol. The molecule has 15 nitrogen and oxygen atoms in total. The van der Waals surface area contributed by atoms with Crippen LogP contribution in [-0.2, 0) is 48.1 Å². The van der Waals surface area contributed by atoms with Crippen LogP contribution in [-0.4, -0.2) is 96.4 Å². The van der Waals surface area contributed by atoms with Crippen LogP contribution >= 0.6 is 0 Å². The Morgan fingerprint density at radius 2 is 1.40 bits per heavy atom. The van der Waals surface area contributed by atoms with Crippen molar-refractivity contribution in [2.75, 3.05) is 26.0 Å². The Bertz CT molecular complexity index is 1490. The Hall–Kier alpha value is -4.36. The first-order chi connectivity index (χ1) is 22.6. The minimum absolute atomic E-state index is 0.00237.